The average Bonchev–Trinajstić information content (AvgIpc) is 2.52. The topological polar surface area (TPSA) is 84.7 Å². The average molecular weight is 348 g/mol. The van der Waals surface area contributed by atoms with Gasteiger partial charge in [0.05, 0.1) is 4.92 Å². The molecule has 0 saturated carbocycles. The first-order chi connectivity index (χ1) is 10.5. The van der Waals surface area contributed by atoms with Gasteiger partial charge in [-0.25, -0.2) is 0 Å². The van der Waals surface area contributed by atoms with Gasteiger partial charge in [-0.1, -0.05) is 0 Å². The first-order valence-corrected chi connectivity index (χ1v) is 7.03. The van der Waals surface area contributed by atoms with Gasteiger partial charge in [0.2, 0.25) is 5.82 Å². The van der Waals surface area contributed by atoms with Gasteiger partial charge < -0.3 is 15.0 Å². The Kier molecular flexibility index (Phi) is 7.18. The van der Waals surface area contributed by atoms with Crippen LogP contribution in [-0.2, 0) is 4.79 Å². The smallest absolute Gasteiger partial charge is 0.305 e. The summed E-state index contributed by atoms with van der Waals surface area (Å²) in [5, 5.41) is 13.7. The number of amides is 1. The lowest BCUT2D eigenvalue weighted by atomic mass is 10.1. The molecule has 0 spiro atoms. The van der Waals surface area contributed by atoms with Gasteiger partial charge in [0.15, 0.2) is 6.61 Å². The monoisotopic (exact) mass is 347 g/mol. The van der Waals surface area contributed by atoms with E-state index < -0.39 is 16.4 Å². The van der Waals surface area contributed by atoms with Crippen molar-refractivity contribution in [3.8, 4) is 5.75 Å². The van der Waals surface area contributed by atoms with Gasteiger partial charge in [-0.3, -0.25) is 14.9 Å². The maximum atomic E-state index is 13.5. The lowest BCUT2D eigenvalue weighted by Gasteiger charge is -2.32. The zero-order valence-electron chi connectivity index (χ0n) is 12.7. The summed E-state index contributed by atoms with van der Waals surface area (Å²) in [6, 6.07) is 3.49. The Labute approximate surface area is 139 Å². The molecule has 1 amide bonds. The molecule has 0 bridgehead atoms. The molecule has 1 saturated heterocycles. The van der Waals surface area contributed by atoms with Gasteiger partial charge in [0.25, 0.3) is 5.91 Å². The molecule has 1 aromatic carbocycles. The predicted octanol–water partition coefficient (Wildman–Crippen LogP) is 1.74. The molecule has 9 heteroatoms. The summed E-state index contributed by atoms with van der Waals surface area (Å²) in [6.07, 6.45) is 1.94. The first-order valence-electron chi connectivity index (χ1n) is 7.03. The lowest BCUT2D eigenvalue weighted by Crippen LogP contribution is -2.48. The first kappa shape index (κ1) is 19.1. The van der Waals surface area contributed by atoms with Crippen LogP contribution in [0.25, 0.3) is 0 Å². The van der Waals surface area contributed by atoms with Crippen molar-refractivity contribution in [1.29, 1.82) is 0 Å². The summed E-state index contributed by atoms with van der Waals surface area (Å²) in [5.41, 5.74) is -0.619. The SMILES string of the molecule is CNC1CCCN(C(=O)COc2ccc([N+](=O)[O-])c(F)c2)C1.Cl. The van der Waals surface area contributed by atoms with Gasteiger partial charge in [0.1, 0.15) is 5.75 Å². The highest BCUT2D eigenvalue weighted by molar-refractivity contribution is 5.85. The molecule has 1 aliphatic heterocycles. The van der Waals surface area contributed by atoms with Crippen LogP contribution >= 0.6 is 12.4 Å². The second-order valence-corrected chi connectivity index (χ2v) is 5.13. The molecule has 7 nitrogen and oxygen atoms in total. The Morgan fingerprint density at radius 1 is 1.57 bits per heavy atom. The summed E-state index contributed by atoms with van der Waals surface area (Å²) in [4.78, 5) is 23.5. The zero-order valence-corrected chi connectivity index (χ0v) is 13.5. The number of piperidine rings is 1. The van der Waals surface area contributed by atoms with Gasteiger partial charge in [-0.15, -0.1) is 12.4 Å². The van der Waals surface area contributed by atoms with E-state index in [-0.39, 0.29) is 36.7 Å². The van der Waals surface area contributed by atoms with Crippen molar-refractivity contribution in [2.45, 2.75) is 18.9 Å². The molecular weight excluding hydrogens is 329 g/mol. The number of hydrogen-bond acceptors (Lipinski definition) is 5. The summed E-state index contributed by atoms with van der Waals surface area (Å²) < 4.78 is 18.7. The van der Waals surface area contributed by atoms with Crippen LogP contribution in [0, 0.1) is 15.9 Å². The highest BCUT2D eigenvalue weighted by atomic mass is 35.5. The highest BCUT2D eigenvalue weighted by Crippen LogP contribution is 2.22. The molecule has 1 aliphatic rings. The largest absolute Gasteiger partial charge is 0.484 e. The van der Waals surface area contributed by atoms with Crippen molar-refractivity contribution >= 4 is 24.0 Å². The van der Waals surface area contributed by atoms with E-state index in [1.54, 1.807) is 4.90 Å². The highest BCUT2D eigenvalue weighted by Gasteiger charge is 2.23. The van der Waals surface area contributed by atoms with Gasteiger partial charge in [0, 0.05) is 31.3 Å². The third-order valence-electron chi connectivity index (χ3n) is 3.66. The van der Waals surface area contributed by atoms with Crippen molar-refractivity contribution in [3.63, 3.8) is 0 Å². The van der Waals surface area contributed by atoms with Crippen LogP contribution in [0.3, 0.4) is 0 Å². The third kappa shape index (κ3) is 5.04. The number of nitrogens with one attached hydrogen (secondary N) is 1. The van der Waals surface area contributed by atoms with Crippen molar-refractivity contribution in [2.24, 2.45) is 0 Å². The quantitative estimate of drug-likeness (QED) is 0.648. The summed E-state index contributed by atoms with van der Waals surface area (Å²) in [7, 11) is 1.86. The van der Waals surface area contributed by atoms with E-state index in [9.17, 15) is 19.3 Å². The van der Waals surface area contributed by atoms with Crippen LogP contribution in [0.4, 0.5) is 10.1 Å². The number of rotatable bonds is 5. The Morgan fingerprint density at radius 2 is 2.30 bits per heavy atom. The number of nitrogens with zero attached hydrogens (tertiary/aromatic N) is 2. The lowest BCUT2D eigenvalue weighted by molar-refractivity contribution is -0.387. The molecule has 23 heavy (non-hydrogen) atoms. The van der Waals surface area contributed by atoms with Crippen molar-refractivity contribution in [3.05, 3.63) is 34.1 Å². The molecular formula is C14H19ClFN3O4. The fourth-order valence-corrected chi connectivity index (χ4v) is 2.40. The minimum Gasteiger partial charge on any atom is -0.484 e. The Bertz CT molecular complexity index is 573. The Balaban J connectivity index is 0.00000264. The van der Waals surface area contributed by atoms with Crippen LogP contribution in [0.1, 0.15) is 12.8 Å². The van der Waals surface area contributed by atoms with Crippen LogP contribution in [-0.4, -0.2) is 48.5 Å². The van der Waals surface area contributed by atoms with E-state index in [4.69, 9.17) is 4.74 Å². The Hall–Kier alpha value is -1.93. The van der Waals surface area contributed by atoms with E-state index in [1.165, 1.54) is 6.07 Å². The molecule has 1 heterocycles. The number of ether oxygens (including phenoxy) is 1. The van der Waals surface area contributed by atoms with Gasteiger partial charge in [-0.05, 0) is 26.0 Å². The molecule has 1 atom stereocenters. The van der Waals surface area contributed by atoms with Crippen molar-refractivity contribution < 1.29 is 18.8 Å². The number of nitro groups is 1. The fourth-order valence-electron chi connectivity index (χ4n) is 2.40. The molecule has 1 unspecified atom stereocenters. The molecule has 1 N–H and O–H groups in total. The maximum Gasteiger partial charge on any atom is 0.305 e. The predicted molar refractivity (Wildman–Crippen MR) is 84.5 cm³/mol. The number of hydrogen-bond donors (Lipinski definition) is 1. The number of benzene rings is 1. The van der Waals surface area contributed by atoms with Gasteiger partial charge in [-0.2, -0.15) is 4.39 Å². The van der Waals surface area contributed by atoms with E-state index in [1.807, 2.05) is 7.05 Å². The number of nitro benzene ring substituents is 1. The standard InChI is InChI=1S/C14H18FN3O4.ClH/c1-16-10-3-2-6-17(8-10)14(19)9-22-11-4-5-13(18(20)21)12(15)7-11;/h4-5,7,10,16H,2-3,6,8-9H2,1H3;1H. The Morgan fingerprint density at radius 3 is 2.91 bits per heavy atom. The molecule has 0 aliphatic carbocycles. The number of likely N-dealkylation sites (tertiary alicyclic amines) is 1. The molecule has 0 radical (unpaired) electrons. The van der Waals surface area contributed by atoms with Crippen LogP contribution in [0.15, 0.2) is 18.2 Å². The minimum atomic E-state index is -0.983. The van der Waals surface area contributed by atoms with Crippen molar-refractivity contribution in [2.75, 3.05) is 26.7 Å². The second kappa shape index (κ2) is 8.64. The number of halogens is 2. The van der Waals surface area contributed by atoms with Crippen LogP contribution in [0.5, 0.6) is 5.75 Å². The normalized spacial score (nSPS) is 17.3. The van der Waals surface area contributed by atoms with E-state index in [2.05, 4.69) is 5.32 Å². The summed E-state index contributed by atoms with van der Waals surface area (Å²) in [5.74, 6) is -1.07. The molecule has 2 rings (SSSR count). The van der Waals surface area contributed by atoms with E-state index >= 15 is 0 Å². The molecule has 1 fully saturated rings. The number of carbonyl (C=O) groups excluding carboxylic acids is 1. The number of carbonyl (C=O) groups is 1. The fraction of sp³-hybridized carbons (Fsp3) is 0.500. The van der Waals surface area contributed by atoms with Crippen LogP contribution < -0.4 is 10.1 Å². The van der Waals surface area contributed by atoms with E-state index in [0.717, 1.165) is 25.0 Å². The van der Waals surface area contributed by atoms with Crippen molar-refractivity contribution in [1.82, 2.24) is 10.2 Å². The summed E-state index contributed by atoms with van der Waals surface area (Å²) in [6.45, 7) is 1.08. The molecule has 128 valence electrons. The number of likely N-dealkylation sites (N-methyl/N-ethyl adjacent to an activating group) is 1. The van der Waals surface area contributed by atoms with E-state index in [0.29, 0.717) is 13.1 Å². The summed E-state index contributed by atoms with van der Waals surface area (Å²) >= 11 is 0. The molecule has 1 aromatic rings. The maximum absolute atomic E-state index is 13.5. The van der Waals surface area contributed by atoms with Gasteiger partial charge >= 0.3 is 5.69 Å². The molecule has 0 aromatic heterocycles. The second-order valence-electron chi connectivity index (χ2n) is 5.13. The third-order valence-corrected chi connectivity index (χ3v) is 3.66. The minimum absolute atomic E-state index is 0. The van der Waals surface area contributed by atoms with Crippen LogP contribution in [0.2, 0.25) is 0 Å². The zero-order chi connectivity index (χ0) is 16.1.